The molecule has 0 aliphatic heterocycles. The van der Waals surface area contributed by atoms with Crippen molar-refractivity contribution < 1.29 is 5.11 Å². The Kier molecular flexibility index (Phi) is 4.84. The highest BCUT2D eigenvalue weighted by atomic mass is 16.3. The predicted molar refractivity (Wildman–Crippen MR) is 102 cm³/mol. The van der Waals surface area contributed by atoms with Crippen LogP contribution in [0.4, 0.5) is 0 Å². The van der Waals surface area contributed by atoms with Gasteiger partial charge in [0.05, 0.1) is 12.2 Å². The largest absolute Gasteiger partial charge is 0.493 e. The maximum Gasteiger partial charge on any atom is 0.335 e. The van der Waals surface area contributed by atoms with E-state index in [0.29, 0.717) is 12.2 Å². The van der Waals surface area contributed by atoms with Gasteiger partial charge in [0.2, 0.25) is 5.88 Å². The Labute approximate surface area is 150 Å². The molecule has 1 heterocycles. The number of aromatic amines is 1. The van der Waals surface area contributed by atoms with Crippen LogP contribution in [0, 0.1) is 13.8 Å². The molecule has 0 saturated carbocycles. The van der Waals surface area contributed by atoms with Gasteiger partial charge in [0.25, 0.3) is 5.56 Å². The SMILES string of the molecule is Cc1ccc(-n2c(O)c(C=NCc3ccccc3)c(=O)[nH]c2=O)cc1C. The molecule has 3 rings (SSSR count). The van der Waals surface area contributed by atoms with Crippen molar-refractivity contribution in [2.75, 3.05) is 0 Å². The first-order valence-corrected chi connectivity index (χ1v) is 8.17. The molecular weight excluding hydrogens is 330 g/mol. The molecule has 0 saturated heterocycles. The normalized spacial score (nSPS) is 11.2. The fourth-order valence-corrected chi connectivity index (χ4v) is 2.58. The first-order chi connectivity index (χ1) is 12.5. The Morgan fingerprint density at radius 2 is 1.81 bits per heavy atom. The van der Waals surface area contributed by atoms with Crippen molar-refractivity contribution in [1.82, 2.24) is 9.55 Å². The third kappa shape index (κ3) is 3.49. The molecule has 6 nitrogen and oxygen atoms in total. The van der Waals surface area contributed by atoms with Crippen LogP contribution in [-0.4, -0.2) is 20.9 Å². The minimum absolute atomic E-state index is 0.0567. The Balaban J connectivity index is 2.03. The number of nitrogens with zero attached hydrogens (tertiary/aromatic N) is 2. The van der Waals surface area contributed by atoms with E-state index in [0.717, 1.165) is 21.3 Å². The molecule has 0 fully saturated rings. The topological polar surface area (TPSA) is 87.4 Å². The summed E-state index contributed by atoms with van der Waals surface area (Å²) >= 11 is 0. The minimum atomic E-state index is -0.698. The third-order valence-corrected chi connectivity index (χ3v) is 4.21. The number of H-pyrrole nitrogens is 1. The Bertz CT molecular complexity index is 1080. The molecule has 0 aliphatic carbocycles. The Hall–Kier alpha value is -3.41. The molecule has 0 aliphatic rings. The molecule has 0 spiro atoms. The van der Waals surface area contributed by atoms with Crippen molar-refractivity contribution in [1.29, 1.82) is 0 Å². The zero-order valence-electron chi connectivity index (χ0n) is 14.6. The average molecular weight is 349 g/mol. The van der Waals surface area contributed by atoms with Gasteiger partial charge in [0, 0.05) is 6.21 Å². The van der Waals surface area contributed by atoms with E-state index in [1.54, 1.807) is 12.1 Å². The van der Waals surface area contributed by atoms with Crippen LogP contribution in [0.15, 0.2) is 63.1 Å². The summed E-state index contributed by atoms with van der Waals surface area (Å²) in [7, 11) is 0. The molecule has 0 bridgehead atoms. The standard InChI is InChI=1S/C20H19N3O3/c1-13-8-9-16(10-14(13)2)23-19(25)17(18(24)22-20(23)26)12-21-11-15-6-4-3-5-7-15/h3-10,12,25H,11H2,1-2H3,(H,22,24,26). The van der Waals surface area contributed by atoms with Crippen LogP contribution >= 0.6 is 0 Å². The fraction of sp³-hybridized carbons (Fsp3) is 0.150. The molecule has 0 unspecified atom stereocenters. The zero-order chi connectivity index (χ0) is 18.7. The Morgan fingerprint density at radius 3 is 2.50 bits per heavy atom. The summed E-state index contributed by atoms with van der Waals surface area (Å²) in [5.74, 6) is -0.432. The van der Waals surface area contributed by atoms with Crippen LogP contribution in [0.3, 0.4) is 0 Å². The summed E-state index contributed by atoms with van der Waals surface area (Å²) in [6.07, 6.45) is 1.29. The molecule has 2 aromatic carbocycles. The maximum absolute atomic E-state index is 12.2. The van der Waals surface area contributed by atoms with E-state index in [2.05, 4.69) is 9.98 Å². The van der Waals surface area contributed by atoms with Crippen molar-refractivity contribution in [3.05, 3.63) is 91.6 Å². The van der Waals surface area contributed by atoms with Crippen LogP contribution < -0.4 is 11.2 Å². The molecule has 132 valence electrons. The van der Waals surface area contributed by atoms with Gasteiger partial charge in [-0.05, 0) is 42.7 Å². The number of aromatic hydroxyl groups is 1. The fourth-order valence-electron chi connectivity index (χ4n) is 2.58. The van der Waals surface area contributed by atoms with E-state index in [9.17, 15) is 14.7 Å². The number of benzene rings is 2. The molecule has 0 atom stereocenters. The molecule has 26 heavy (non-hydrogen) atoms. The van der Waals surface area contributed by atoms with Gasteiger partial charge < -0.3 is 5.11 Å². The summed E-state index contributed by atoms with van der Waals surface area (Å²) in [5.41, 5.74) is 2.06. The second-order valence-corrected chi connectivity index (χ2v) is 6.06. The van der Waals surface area contributed by atoms with Gasteiger partial charge >= 0.3 is 5.69 Å². The molecule has 1 aromatic heterocycles. The lowest BCUT2D eigenvalue weighted by atomic mass is 10.1. The third-order valence-electron chi connectivity index (χ3n) is 4.21. The predicted octanol–water partition coefficient (Wildman–Crippen LogP) is 2.47. The van der Waals surface area contributed by atoms with E-state index < -0.39 is 17.1 Å². The first-order valence-electron chi connectivity index (χ1n) is 8.17. The van der Waals surface area contributed by atoms with Crippen LogP contribution in [0.25, 0.3) is 5.69 Å². The lowest BCUT2D eigenvalue weighted by Crippen LogP contribution is -2.31. The number of rotatable bonds is 4. The van der Waals surface area contributed by atoms with Crippen molar-refractivity contribution >= 4 is 6.21 Å². The van der Waals surface area contributed by atoms with Crippen molar-refractivity contribution in [3.8, 4) is 11.6 Å². The molecule has 0 radical (unpaired) electrons. The van der Waals surface area contributed by atoms with Crippen LogP contribution in [0.1, 0.15) is 22.3 Å². The number of hydrogen-bond acceptors (Lipinski definition) is 4. The van der Waals surface area contributed by atoms with Gasteiger partial charge in [0.15, 0.2) is 0 Å². The summed E-state index contributed by atoms with van der Waals surface area (Å²) in [6.45, 7) is 4.23. The van der Waals surface area contributed by atoms with Gasteiger partial charge in [-0.15, -0.1) is 0 Å². The van der Waals surface area contributed by atoms with Gasteiger partial charge in [-0.25, -0.2) is 9.36 Å². The van der Waals surface area contributed by atoms with E-state index in [1.807, 2.05) is 50.2 Å². The van der Waals surface area contributed by atoms with Crippen molar-refractivity contribution in [2.24, 2.45) is 4.99 Å². The van der Waals surface area contributed by atoms with Crippen LogP contribution in [0.2, 0.25) is 0 Å². The lowest BCUT2D eigenvalue weighted by Gasteiger charge is -2.11. The first kappa shape index (κ1) is 17.4. The Morgan fingerprint density at radius 1 is 1.08 bits per heavy atom. The summed E-state index contributed by atoms with van der Waals surface area (Å²) in [5, 5.41) is 10.5. The second kappa shape index (κ2) is 7.23. The van der Waals surface area contributed by atoms with Crippen LogP contribution in [0.5, 0.6) is 5.88 Å². The molecule has 3 aromatic rings. The number of aryl methyl sites for hydroxylation is 2. The second-order valence-electron chi connectivity index (χ2n) is 6.06. The molecular formula is C20H19N3O3. The summed E-state index contributed by atoms with van der Waals surface area (Å²) in [6, 6.07) is 14.9. The highest BCUT2D eigenvalue weighted by molar-refractivity contribution is 5.82. The molecule has 6 heteroatoms. The monoisotopic (exact) mass is 349 g/mol. The van der Waals surface area contributed by atoms with E-state index in [1.165, 1.54) is 6.21 Å². The lowest BCUT2D eigenvalue weighted by molar-refractivity contribution is 0.430. The van der Waals surface area contributed by atoms with Gasteiger partial charge in [-0.3, -0.25) is 14.8 Å². The summed E-state index contributed by atoms with van der Waals surface area (Å²) < 4.78 is 1.07. The minimum Gasteiger partial charge on any atom is -0.493 e. The highest BCUT2D eigenvalue weighted by Gasteiger charge is 2.14. The number of aromatic nitrogens is 2. The van der Waals surface area contributed by atoms with Crippen LogP contribution in [-0.2, 0) is 6.54 Å². The van der Waals surface area contributed by atoms with Crippen molar-refractivity contribution in [2.45, 2.75) is 20.4 Å². The zero-order valence-corrected chi connectivity index (χ0v) is 14.6. The maximum atomic E-state index is 12.2. The molecule has 2 N–H and O–H groups in total. The smallest absolute Gasteiger partial charge is 0.335 e. The number of hydrogen-bond donors (Lipinski definition) is 2. The van der Waals surface area contributed by atoms with Gasteiger partial charge in [0.1, 0.15) is 5.56 Å². The highest BCUT2D eigenvalue weighted by Crippen LogP contribution is 2.18. The average Bonchev–Trinajstić information content (AvgIpc) is 2.61. The molecule has 0 amide bonds. The van der Waals surface area contributed by atoms with E-state index in [-0.39, 0.29) is 5.56 Å². The van der Waals surface area contributed by atoms with Gasteiger partial charge in [-0.2, -0.15) is 0 Å². The quantitative estimate of drug-likeness (QED) is 0.709. The number of nitrogens with one attached hydrogen (secondary N) is 1. The summed E-state index contributed by atoms with van der Waals surface area (Å²) in [4.78, 5) is 30.7. The van der Waals surface area contributed by atoms with Gasteiger partial charge in [-0.1, -0.05) is 36.4 Å². The van der Waals surface area contributed by atoms with Crippen molar-refractivity contribution in [3.63, 3.8) is 0 Å². The van der Waals surface area contributed by atoms with E-state index >= 15 is 0 Å². The van der Waals surface area contributed by atoms with E-state index in [4.69, 9.17) is 0 Å². The number of aliphatic imine (C=N–C) groups is 1.